The quantitative estimate of drug-likeness (QED) is 0.756. The maximum atomic E-state index is 11.6. The number of benzene rings is 1. The summed E-state index contributed by atoms with van der Waals surface area (Å²) in [5.41, 5.74) is 5.72. The fourth-order valence-corrected chi connectivity index (χ4v) is 4.55. The molecule has 2 aliphatic rings. The van der Waals surface area contributed by atoms with E-state index in [1.165, 1.54) is 0 Å². The molecule has 0 aromatic heterocycles. The van der Waals surface area contributed by atoms with Crippen LogP contribution < -0.4 is 10.5 Å². The van der Waals surface area contributed by atoms with Crippen molar-refractivity contribution in [2.45, 2.75) is 50.7 Å². The molecule has 0 unspecified atom stereocenters. The number of carbonyl (C=O) groups is 1. The van der Waals surface area contributed by atoms with Crippen LogP contribution in [0.5, 0.6) is 11.5 Å². The molecule has 25 heavy (non-hydrogen) atoms. The van der Waals surface area contributed by atoms with Crippen LogP contribution in [-0.2, 0) is 4.79 Å². The van der Waals surface area contributed by atoms with Crippen molar-refractivity contribution in [2.24, 2.45) is 11.7 Å². The zero-order valence-electron chi connectivity index (χ0n) is 14.8. The molecule has 1 saturated heterocycles. The number of amides is 1. The first-order chi connectivity index (χ1) is 11.9. The second-order valence-corrected chi connectivity index (χ2v) is 7.25. The van der Waals surface area contributed by atoms with Crippen LogP contribution in [-0.4, -0.2) is 46.3 Å². The lowest BCUT2D eigenvalue weighted by Crippen LogP contribution is -2.56. The molecule has 3 atom stereocenters. The summed E-state index contributed by atoms with van der Waals surface area (Å²) >= 11 is 0. The highest BCUT2D eigenvalue weighted by Crippen LogP contribution is 2.49. The number of piperidine rings is 1. The van der Waals surface area contributed by atoms with Gasteiger partial charge >= 0.3 is 0 Å². The number of primary amides is 1. The fourth-order valence-electron chi connectivity index (χ4n) is 4.55. The second kappa shape index (κ2) is 7.22. The van der Waals surface area contributed by atoms with E-state index in [0.717, 1.165) is 31.2 Å². The Hall–Kier alpha value is -1.79. The van der Waals surface area contributed by atoms with Crippen LogP contribution in [0.2, 0.25) is 0 Å². The summed E-state index contributed by atoms with van der Waals surface area (Å²) < 4.78 is 5.52. The van der Waals surface area contributed by atoms with Gasteiger partial charge in [-0.1, -0.05) is 18.9 Å². The number of aliphatic hydroxyl groups is 1. The van der Waals surface area contributed by atoms with Crippen molar-refractivity contribution in [1.82, 2.24) is 4.90 Å². The highest BCUT2D eigenvalue weighted by molar-refractivity contribution is 5.76. The zero-order valence-corrected chi connectivity index (χ0v) is 14.8. The van der Waals surface area contributed by atoms with Crippen molar-refractivity contribution >= 4 is 5.91 Å². The standard InChI is InChI=1S/C19H28N2O4/c1-2-25-16-11-13(6-7-15(16)22)18-14-5-3-4-8-19(14,24)9-10-21(18)12-17(20)23/h6-7,11,14,18,22,24H,2-5,8-10,12H2,1H3,(H2,20,23)/t14-,18+,19-/m1/s1. The van der Waals surface area contributed by atoms with Crippen LogP contribution in [0.25, 0.3) is 0 Å². The van der Waals surface area contributed by atoms with Gasteiger partial charge in [-0.05, 0) is 43.9 Å². The maximum absolute atomic E-state index is 11.6. The normalized spacial score (nSPS) is 29.8. The Morgan fingerprint density at radius 1 is 1.40 bits per heavy atom. The third-order valence-electron chi connectivity index (χ3n) is 5.66. The fraction of sp³-hybridized carbons (Fsp3) is 0.632. The number of nitrogens with two attached hydrogens (primary N) is 1. The monoisotopic (exact) mass is 348 g/mol. The summed E-state index contributed by atoms with van der Waals surface area (Å²) in [5.74, 6) is 0.217. The van der Waals surface area contributed by atoms with E-state index >= 15 is 0 Å². The predicted molar refractivity (Wildman–Crippen MR) is 94.3 cm³/mol. The summed E-state index contributed by atoms with van der Waals surface area (Å²) in [4.78, 5) is 13.6. The van der Waals surface area contributed by atoms with Gasteiger partial charge in [-0.25, -0.2) is 0 Å². The Bertz CT molecular complexity index is 636. The molecule has 1 heterocycles. The van der Waals surface area contributed by atoms with E-state index in [2.05, 4.69) is 4.90 Å². The molecule has 0 radical (unpaired) electrons. The van der Waals surface area contributed by atoms with Crippen LogP contribution in [0.3, 0.4) is 0 Å². The molecule has 1 aliphatic carbocycles. The zero-order chi connectivity index (χ0) is 18.0. The largest absolute Gasteiger partial charge is 0.504 e. The summed E-state index contributed by atoms with van der Waals surface area (Å²) in [6, 6.07) is 5.21. The molecule has 138 valence electrons. The highest BCUT2D eigenvalue weighted by atomic mass is 16.5. The van der Waals surface area contributed by atoms with Gasteiger partial charge in [0.05, 0.1) is 18.8 Å². The number of likely N-dealkylation sites (tertiary alicyclic amines) is 1. The van der Waals surface area contributed by atoms with E-state index in [1.807, 2.05) is 19.1 Å². The molecule has 0 spiro atoms. The molecule has 6 nitrogen and oxygen atoms in total. The average Bonchev–Trinajstić information content (AvgIpc) is 2.57. The minimum Gasteiger partial charge on any atom is -0.504 e. The molecular weight excluding hydrogens is 320 g/mol. The molecule has 1 aromatic carbocycles. The van der Waals surface area contributed by atoms with Crippen LogP contribution >= 0.6 is 0 Å². The molecule has 1 aliphatic heterocycles. The Morgan fingerprint density at radius 3 is 2.92 bits per heavy atom. The van der Waals surface area contributed by atoms with E-state index in [4.69, 9.17) is 10.5 Å². The average molecular weight is 348 g/mol. The van der Waals surface area contributed by atoms with Gasteiger partial charge in [-0.3, -0.25) is 9.69 Å². The van der Waals surface area contributed by atoms with E-state index in [9.17, 15) is 15.0 Å². The van der Waals surface area contributed by atoms with Gasteiger partial charge in [0.15, 0.2) is 11.5 Å². The third kappa shape index (κ3) is 3.60. The Labute approximate surface area is 148 Å². The molecule has 1 saturated carbocycles. The molecule has 1 amide bonds. The van der Waals surface area contributed by atoms with Crippen molar-refractivity contribution in [1.29, 1.82) is 0 Å². The number of aromatic hydroxyl groups is 1. The number of ether oxygens (including phenoxy) is 1. The van der Waals surface area contributed by atoms with E-state index in [1.54, 1.807) is 6.07 Å². The summed E-state index contributed by atoms with van der Waals surface area (Å²) in [7, 11) is 0. The minimum absolute atomic E-state index is 0.0494. The molecule has 4 N–H and O–H groups in total. The van der Waals surface area contributed by atoms with Crippen LogP contribution in [0, 0.1) is 5.92 Å². The van der Waals surface area contributed by atoms with Gasteiger partial charge in [0, 0.05) is 18.5 Å². The van der Waals surface area contributed by atoms with Gasteiger partial charge in [0.25, 0.3) is 0 Å². The lowest BCUT2D eigenvalue weighted by molar-refractivity contribution is -0.136. The second-order valence-electron chi connectivity index (χ2n) is 7.25. The molecular formula is C19H28N2O4. The molecule has 2 fully saturated rings. The molecule has 3 rings (SSSR count). The number of fused-ring (bicyclic) bond motifs is 1. The number of hydrogen-bond acceptors (Lipinski definition) is 5. The maximum Gasteiger partial charge on any atom is 0.231 e. The first kappa shape index (κ1) is 18.0. The Kier molecular flexibility index (Phi) is 5.20. The van der Waals surface area contributed by atoms with E-state index in [-0.39, 0.29) is 30.2 Å². The van der Waals surface area contributed by atoms with Gasteiger partial charge in [-0.15, -0.1) is 0 Å². The number of carbonyl (C=O) groups excluding carboxylic acids is 1. The SMILES string of the molecule is CCOc1cc([C@H]2[C@H]3CCCC[C@@]3(O)CCN2CC(N)=O)ccc1O. The van der Waals surface area contributed by atoms with Gasteiger partial charge in [-0.2, -0.15) is 0 Å². The first-order valence-corrected chi connectivity index (χ1v) is 9.15. The van der Waals surface area contributed by atoms with E-state index in [0.29, 0.717) is 25.3 Å². The van der Waals surface area contributed by atoms with Crippen LogP contribution in [0.1, 0.15) is 50.6 Å². The molecule has 6 heteroatoms. The molecule has 1 aromatic rings. The summed E-state index contributed by atoms with van der Waals surface area (Å²) in [6.07, 6.45) is 4.49. The number of hydrogen-bond donors (Lipinski definition) is 3. The minimum atomic E-state index is -0.694. The number of rotatable bonds is 5. The Balaban J connectivity index is 1.99. The van der Waals surface area contributed by atoms with Crippen molar-refractivity contribution in [3.63, 3.8) is 0 Å². The first-order valence-electron chi connectivity index (χ1n) is 9.15. The smallest absolute Gasteiger partial charge is 0.231 e. The summed E-state index contributed by atoms with van der Waals surface area (Å²) in [5, 5.41) is 21.2. The molecule has 0 bridgehead atoms. The van der Waals surface area contributed by atoms with Gasteiger partial charge in [0.2, 0.25) is 5.91 Å². The third-order valence-corrected chi connectivity index (χ3v) is 5.66. The lowest BCUT2D eigenvalue weighted by Gasteiger charge is -2.52. The lowest BCUT2D eigenvalue weighted by atomic mass is 9.66. The Morgan fingerprint density at radius 2 is 2.20 bits per heavy atom. The van der Waals surface area contributed by atoms with Crippen molar-refractivity contribution in [3.8, 4) is 11.5 Å². The van der Waals surface area contributed by atoms with Crippen molar-refractivity contribution in [3.05, 3.63) is 23.8 Å². The van der Waals surface area contributed by atoms with E-state index < -0.39 is 5.60 Å². The van der Waals surface area contributed by atoms with Crippen LogP contribution in [0.4, 0.5) is 0 Å². The predicted octanol–water partition coefficient (Wildman–Crippen LogP) is 1.94. The van der Waals surface area contributed by atoms with Crippen LogP contribution in [0.15, 0.2) is 18.2 Å². The van der Waals surface area contributed by atoms with Crippen molar-refractivity contribution < 1.29 is 19.7 Å². The van der Waals surface area contributed by atoms with Gasteiger partial charge in [0.1, 0.15) is 0 Å². The highest BCUT2D eigenvalue weighted by Gasteiger charge is 2.49. The van der Waals surface area contributed by atoms with Crippen molar-refractivity contribution in [2.75, 3.05) is 19.7 Å². The summed E-state index contributed by atoms with van der Waals surface area (Å²) in [6.45, 7) is 3.12. The van der Waals surface area contributed by atoms with Gasteiger partial charge < -0.3 is 20.7 Å². The number of phenolic OH excluding ortho intramolecular Hbond substituents is 1. The topological polar surface area (TPSA) is 96.0 Å². The number of nitrogens with zero attached hydrogens (tertiary/aromatic N) is 1. The number of phenols is 1.